The van der Waals surface area contributed by atoms with E-state index in [0.29, 0.717) is 23.1 Å². The van der Waals surface area contributed by atoms with Gasteiger partial charge in [-0.2, -0.15) is 0 Å². The van der Waals surface area contributed by atoms with Crippen molar-refractivity contribution in [3.8, 4) is 22.5 Å². The number of thiazole rings is 1. The fourth-order valence-electron chi connectivity index (χ4n) is 4.76. The maximum absolute atomic E-state index is 12.4. The number of rotatable bonds is 6. The van der Waals surface area contributed by atoms with E-state index in [2.05, 4.69) is 43.3 Å². The first-order valence-corrected chi connectivity index (χ1v) is 14.0. The van der Waals surface area contributed by atoms with Gasteiger partial charge in [0.2, 0.25) is 0 Å². The molecule has 0 bridgehead atoms. The maximum atomic E-state index is 12.4. The lowest BCUT2D eigenvalue weighted by atomic mass is 9.93. The third kappa shape index (κ3) is 4.72. The molecule has 8 nitrogen and oxygen atoms in total. The highest BCUT2D eigenvalue weighted by Crippen LogP contribution is 2.40. The van der Waals surface area contributed by atoms with Crippen molar-refractivity contribution in [2.24, 2.45) is 0 Å². The Kier molecular flexibility index (Phi) is 6.28. The second-order valence-corrected chi connectivity index (χ2v) is 12.1. The van der Waals surface area contributed by atoms with E-state index in [-0.39, 0.29) is 11.4 Å². The Labute approximate surface area is 229 Å². The number of fused-ring (bicyclic) bond motifs is 5. The predicted octanol–water partition coefficient (Wildman–Crippen LogP) is 7.19. The standard InChI is InChI=1S/C28H29ClN6O2S/c1-28(2,3)23-13-24(33-37-23)32-26(36)30-19-8-5-17(6-9-19)21-16-35-25-20-15-34(12-4-11-29)14-18(20)7-10-22(25)38-27(35)31-21/h5-6,8-9,13-16H,4,7,10-12H2,1-3H3,(H2,30,32,33,36). The van der Waals surface area contributed by atoms with Gasteiger partial charge < -0.3 is 14.4 Å². The van der Waals surface area contributed by atoms with E-state index in [1.165, 1.54) is 21.7 Å². The molecule has 0 radical (unpaired) electrons. The highest BCUT2D eigenvalue weighted by atomic mass is 35.5. The lowest BCUT2D eigenvalue weighted by molar-refractivity contribution is 0.262. The normalized spacial score (nSPS) is 12.9. The minimum Gasteiger partial charge on any atom is -0.359 e. The van der Waals surface area contributed by atoms with E-state index in [9.17, 15) is 4.79 Å². The molecule has 0 atom stereocenters. The van der Waals surface area contributed by atoms with E-state index in [1.54, 1.807) is 17.4 Å². The molecule has 10 heteroatoms. The number of anilines is 2. The van der Waals surface area contributed by atoms with Crippen molar-refractivity contribution in [3.05, 3.63) is 65.1 Å². The minimum atomic E-state index is -0.380. The van der Waals surface area contributed by atoms with Crippen LogP contribution in [0.3, 0.4) is 0 Å². The minimum absolute atomic E-state index is 0.183. The number of urea groups is 1. The molecule has 2 N–H and O–H groups in total. The Hall–Kier alpha value is -3.56. The summed E-state index contributed by atoms with van der Waals surface area (Å²) in [6.45, 7) is 7.00. The maximum Gasteiger partial charge on any atom is 0.324 e. The highest BCUT2D eigenvalue weighted by molar-refractivity contribution is 7.17. The smallest absolute Gasteiger partial charge is 0.324 e. The molecular weight excluding hydrogens is 520 g/mol. The van der Waals surface area contributed by atoms with Gasteiger partial charge in [-0.15, -0.1) is 22.9 Å². The Morgan fingerprint density at radius 3 is 2.68 bits per heavy atom. The second kappa shape index (κ2) is 9.63. The van der Waals surface area contributed by atoms with Gasteiger partial charge in [0.25, 0.3) is 0 Å². The van der Waals surface area contributed by atoms with E-state index < -0.39 is 0 Å². The van der Waals surface area contributed by atoms with Crippen LogP contribution in [-0.4, -0.2) is 31.0 Å². The fraction of sp³-hybridized carbons (Fsp3) is 0.321. The van der Waals surface area contributed by atoms with Crippen LogP contribution in [0, 0.1) is 0 Å². The zero-order valence-electron chi connectivity index (χ0n) is 21.5. The number of amides is 2. The van der Waals surface area contributed by atoms with Crippen molar-refractivity contribution >= 4 is 45.4 Å². The lowest BCUT2D eigenvalue weighted by Crippen LogP contribution is -2.19. The zero-order valence-corrected chi connectivity index (χ0v) is 23.1. The highest BCUT2D eigenvalue weighted by Gasteiger charge is 2.25. The van der Waals surface area contributed by atoms with Crippen molar-refractivity contribution < 1.29 is 9.32 Å². The van der Waals surface area contributed by atoms with Crippen molar-refractivity contribution in [1.29, 1.82) is 0 Å². The summed E-state index contributed by atoms with van der Waals surface area (Å²) in [5, 5.41) is 9.49. The summed E-state index contributed by atoms with van der Waals surface area (Å²) < 4.78 is 9.81. The topological polar surface area (TPSA) is 89.4 Å². The average Bonchev–Trinajstić information content (AvgIpc) is 3.64. The van der Waals surface area contributed by atoms with Gasteiger partial charge in [-0.05, 0) is 37.0 Å². The van der Waals surface area contributed by atoms with Crippen LogP contribution < -0.4 is 10.6 Å². The Morgan fingerprint density at radius 2 is 1.95 bits per heavy atom. The second-order valence-electron chi connectivity index (χ2n) is 10.6. The van der Waals surface area contributed by atoms with Crippen LogP contribution in [0.2, 0.25) is 0 Å². The molecule has 4 aromatic heterocycles. The molecule has 0 aliphatic heterocycles. The Morgan fingerprint density at radius 1 is 1.13 bits per heavy atom. The number of hydrogen-bond donors (Lipinski definition) is 2. The molecule has 1 aliphatic carbocycles. The summed E-state index contributed by atoms with van der Waals surface area (Å²) in [5.74, 6) is 1.75. The van der Waals surface area contributed by atoms with Crippen molar-refractivity contribution in [2.45, 2.75) is 52.0 Å². The van der Waals surface area contributed by atoms with Crippen molar-refractivity contribution in [2.75, 3.05) is 16.5 Å². The van der Waals surface area contributed by atoms with Crippen molar-refractivity contribution in [1.82, 2.24) is 19.1 Å². The Balaban J connectivity index is 1.18. The molecule has 6 rings (SSSR count). The first-order chi connectivity index (χ1) is 18.3. The molecule has 0 unspecified atom stereocenters. The molecule has 4 heterocycles. The molecule has 1 aromatic carbocycles. The van der Waals surface area contributed by atoms with E-state index in [1.807, 2.05) is 45.0 Å². The molecule has 0 saturated heterocycles. The average molecular weight is 549 g/mol. The van der Waals surface area contributed by atoms with Gasteiger partial charge in [-0.3, -0.25) is 9.72 Å². The molecule has 1 aliphatic rings. The predicted molar refractivity (Wildman–Crippen MR) is 153 cm³/mol. The van der Waals surface area contributed by atoms with Crippen LogP contribution in [0.25, 0.3) is 27.5 Å². The quantitative estimate of drug-likeness (QED) is 0.220. The third-order valence-corrected chi connectivity index (χ3v) is 8.09. The summed E-state index contributed by atoms with van der Waals surface area (Å²) in [6.07, 6.45) is 9.69. The van der Waals surface area contributed by atoms with Gasteiger partial charge in [-0.1, -0.05) is 38.1 Å². The molecule has 2 amide bonds. The van der Waals surface area contributed by atoms with Gasteiger partial charge >= 0.3 is 6.03 Å². The number of carbonyl (C=O) groups is 1. The van der Waals surface area contributed by atoms with Crippen LogP contribution in [-0.2, 0) is 24.8 Å². The fourth-order valence-corrected chi connectivity index (χ4v) is 5.99. The Bertz CT molecular complexity index is 1620. The monoisotopic (exact) mass is 548 g/mol. The van der Waals surface area contributed by atoms with E-state index in [4.69, 9.17) is 21.1 Å². The van der Waals surface area contributed by atoms with Crippen LogP contribution in [0.15, 0.2) is 53.4 Å². The summed E-state index contributed by atoms with van der Waals surface area (Å²) in [6, 6.07) is 9.04. The largest absolute Gasteiger partial charge is 0.359 e. The number of nitrogens with zero attached hydrogens (tertiary/aromatic N) is 4. The number of hydrogen-bond acceptors (Lipinski definition) is 5. The zero-order chi connectivity index (χ0) is 26.4. The van der Waals surface area contributed by atoms with Crippen LogP contribution in [0.5, 0.6) is 0 Å². The number of alkyl halides is 1. The molecule has 38 heavy (non-hydrogen) atoms. The van der Waals surface area contributed by atoms with Gasteiger partial charge in [0, 0.05) is 64.2 Å². The number of halogens is 1. The number of imidazole rings is 1. The molecular formula is C28H29ClN6O2S. The van der Waals surface area contributed by atoms with E-state index in [0.717, 1.165) is 42.0 Å². The number of aryl methyl sites for hydroxylation is 3. The molecule has 0 fully saturated rings. The van der Waals surface area contributed by atoms with Gasteiger partial charge in [0.15, 0.2) is 10.8 Å². The summed E-state index contributed by atoms with van der Waals surface area (Å²) in [4.78, 5) is 19.8. The number of aromatic nitrogens is 4. The van der Waals surface area contributed by atoms with Gasteiger partial charge in [-0.25, -0.2) is 9.78 Å². The summed E-state index contributed by atoms with van der Waals surface area (Å²) in [7, 11) is 0. The number of benzene rings is 1. The summed E-state index contributed by atoms with van der Waals surface area (Å²) >= 11 is 7.67. The van der Waals surface area contributed by atoms with Crippen LogP contribution in [0.4, 0.5) is 16.3 Å². The lowest BCUT2D eigenvalue weighted by Gasteiger charge is -2.12. The third-order valence-electron chi connectivity index (χ3n) is 6.71. The van der Waals surface area contributed by atoms with E-state index >= 15 is 0 Å². The molecule has 196 valence electrons. The van der Waals surface area contributed by atoms with Crippen LogP contribution >= 0.6 is 22.9 Å². The number of nitrogens with one attached hydrogen (secondary N) is 2. The molecule has 0 saturated carbocycles. The first-order valence-electron chi connectivity index (χ1n) is 12.7. The molecule has 5 aromatic rings. The summed E-state index contributed by atoms with van der Waals surface area (Å²) in [5.41, 5.74) is 6.32. The first kappa shape index (κ1) is 24.8. The van der Waals surface area contributed by atoms with Crippen molar-refractivity contribution in [3.63, 3.8) is 0 Å². The van der Waals surface area contributed by atoms with Crippen LogP contribution in [0.1, 0.15) is 43.4 Å². The number of carbonyl (C=O) groups excluding carboxylic acids is 1. The van der Waals surface area contributed by atoms with Gasteiger partial charge in [0.1, 0.15) is 5.76 Å². The SMILES string of the molecule is CC(C)(C)c1cc(NC(=O)Nc2ccc(-c3cn4c5c(sc4n3)CCc3cn(CCCCl)cc3-5)cc2)no1. The van der Waals surface area contributed by atoms with Gasteiger partial charge in [0.05, 0.1) is 11.4 Å². The molecule has 0 spiro atoms.